The molecule has 0 saturated carbocycles. The first-order chi connectivity index (χ1) is 14.9. The average molecular weight is 425 g/mol. The first kappa shape index (κ1) is 22.1. The van der Waals surface area contributed by atoms with Crippen LogP contribution in [0, 0.1) is 5.82 Å². The highest BCUT2D eigenvalue weighted by Crippen LogP contribution is 2.32. The maximum Gasteiger partial charge on any atom is 0.274 e. The zero-order valence-corrected chi connectivity index (χ0v) is 17.4. The lowest BCUT2D eigenvalue weighted by molar-refractivity contribution is -0.116. The summed E-state index contributed by atoms with van der Waals surface area (Å²) in [6.07, 6.45) is 1.53. The molecule has 162 valence electrons. The van der Waals surface area contributed by atoms with Crippen LogP contribution in [-0.2, 0) is 11.3 Å². The lowest BCUT2D eigenvalue weighted by atomic mass is 10.1. The van der Waals surface area contributed by atoms with Crippen molar-refractivity contribution in [2.75, 3.05) is 31.6 Å². The zero-order chi connectivity index (χ0) is 22.4. The summed E-state index contributed by atoms with van der Waals surface area (Å²) in [6, 6.07) is 9.25. The number of amides is 1. The van der Waals surface area contributed by atoms with Gasteiger partial charge >= 0.3 is 0 Å². The standard InChI is InChI=1S/C22H24FN5O3/c1-14(29)12-24-10-11-28(2)21-17-4-3-9-25-18(17)20(30)19(27-21)22(31)26-13-15-5-7-16(23)8-6-15/h3-9,24,30H,10-13H2,1-2H3,(H,26,31). The number of fused-ring (bicyclic) bond motifs is 1. The van der Waals surface area contributed by atoms with Crippen LogP contribution in [0.1, 0.15) is 23.0 Å². The second-order valence-electron chi connectivity index (χ2n) is 7.14. The molecule has 0 spiro atoms. The van der Waals surface area contributed by atoms with Gasteiger partial charge in [-0.05, 0) is 36.8 Å². The number of nitrogens with zero attached hydrogens (tertiary/aromatic N) is 3. The Kier molecular flexibility index (Phi) is 7.09. The van der Waals surface area contributed by atoms with E-state index < -0.39 is 5.91 Å². The summed E-state index contributed by atoms with van der Waals surface area (Å²) in [7, 11) is 1.81. The van der Waals surface area contributed by atoms with Crippen molar-refractivity contribution in [3.8, 4) is 5.75 Å². The summed E-state index contributed by atoms with van der Waals surface area (Å²) in [4.78, 5) is 34.3. The number of anilines is 1. The lowest BCUT2D eigenvalue weighted by Crippen LogP contribution is -2.32. The number of carbonyl (C=O) groups excluding carboxylic acids is 2. The SMILES string of the molecule is CC(=O)CNCCN(C)c1nc(C(=O)NCc2ccc(F)cc2)c(O)c2ncccc12. The number of pyridine rings is 2. The van der Waals surface area contributed by atoms with E-state index in [1.807, 2.05) is 11.9 Å². The number of aromatic hydroxyl groups is 1. The number of Topliss-reactive ketones (excluding diaryl/α,β-unsaturated/α-hetero) is 1. The van der Waals surface area contributed by atoms with E-state index >= 15 is 0 Å². The molecule has 3 N–H and O–H groups in total. The molecule has 8 nitrogen and oxygen atoms in total. The molecule has 3 rings (SSSR count). The zero-order valence-electron chi connectivity index (χ0n) is 17.4. The van der Waals surface area contributed by atoms with Crippen molar-refractivity contribution in [2.24, 2.45) is 0 Å². The van der Waals surface area contributed by atoms with Gasteiger partial charge in [-0.1, -0.05) is 12.1 Å². The minimum atomic E-state index is -0.571. The normalized spacial score (nSPS) is 10.8. The Morgan fingerprint density at radius 1 is 1.19 bits per heavy atom. The van der Waals surface area contributed by atoms with Crippen LogP contribution >= 0.6 is 0 Å². The second kappa shape index (κ2) is 9.94. The number of hydrogen-bond acceptors (Lipinski definition) is 7. The summed E-state index contributed by atoms with van der Waals surface area (Å²) in [5, 5.41) is 17.0. The smallest absolute Gasteiger partial charge is 0.274 e. The van der Waals surface area contributed by atoms with Crippen LogP contribution in [0.15, 0.2) is 42.6 Å². The first-order valence-electron chi connectivity index (χ1n) is 9.78. The predicted molar refractivity (Wildman–Crippen MR) is 116 cm³/mol. The molecule has 9 heteroatoms. The van der Waals surface area contributed by atoms with Gasteiger partial charge in [-0.2, -0.15) is 0 Å². The molecule has 1 amide bonds. The largest absolute Gasteiger partial charge is 0.504 e. The van der Waals surface area contributed by atoms with E-state index in [0.29, 0.717) is 29.9 Å². The Bertz CT molecular complexity index is 1090. The molecule has 0 unspecified atom stereocenters. The minimum Gasteiger partial charge on any atom is -0.504 e. The van der Waals surface area contributed by atoms with E-state index in [4.69, 9.17) is 0 Å². The Morgan fingerprint density at radius 2 is 1.94 bits per heavy atom. The lowest BCUT2D eigenvalue weighted by Gasteiger charge is -2.21. The molecule has 0 saturated heterocycles. The van der Waals surface area contributed by atoms with Gasteiger partial charge in [-0.25, -0.2) is 9.37 Å². The van der Waals surface area contributed by atoms with E-state index in [-0.39, 0.29) is 41.7 Å². The van der Waals surface area contributed by atoms with Gasteiger partial charge in [0, 0.05) is 38.3 Å². The van der Waals surface area contributed by atoms with Gasteiger partial charge in [-0.3, -0.25) is 14.6 Å². The summed E-state index contributed by atoms with van der Waals surface area (Å²) < 4.78 is 13.1. The van der Waals surface area contributed by atoms with Crippen LogP contribution < -0.4 is 15.5 Å². The fourth-order valence-corrected chi connectivity index (χ4v) is 3.04. The summed E-state index contributed by atoms with van der Waals surface area (Å²) in [6.45, 7) is 2.99. The Hall–Kier alpha value is -3.59. The molecule has 0 aliphatic heterocycles. The number of likely N-dealkylation sites (N-methyl/N-ethyl adjacent to an activating group) is 1. The van der Waals surface area contributed by atoms with Crippen molar-refractivity contribution >= 4 is 28.4 Å². The summed E-state index contributed by atoms with van der Waals surface area (Å²) in [5.74, 6) is -0.712. The predicted octanol–water partition coefficient (Wildman–Crippen LogP) is 2.02. The van der Waals surface area contributed by atoms with Gasteiger partial charge in [0.25, 0.3) is 5.91 Å². The van der Waals surface area contributed by atoms with Crippen LogP contribution in [-0.4, -0.2) is 53.4 Å². The Labute approximate surface area is 179 Å². The molecule has 3 aromatic rings. The molecular weight excluding hydrogens is 401 g/mol. The van der Waals surface area contributed by atoms with Gasteiger partial charge < -0.3 is 20.6 Å². The first-order valence-corrected chi connectivity index (χ1v) is 9.78. The third kappa shape index (κ3) is 5.52. The van der Waals surface area contributed by atoms with E-state index in [1.54, 1.807) is 24.3 Å². The molecule has 0 fully saturated rings. The molecule has 0 aliphatic carbocycles. The number of hydrogen-bond donors (Lipinski definition) is 3. The quantitative estimate of drug-likeness (QED) is 0.450. The molecule has 0 bridgehead atoms. The van der Waals surface area contributed by atoms with E-state index in [9.17, 15) is 19.1 Å². The van der Waals surface area contributed by atoms with Gasteiger partial charge in [0.2, 0.25) is 0 Å². The highest BCUT2D eigenvalue weighted by Gasteiger charge is 2.21. The number of halogens is 1. The van der Waals surface area contributed by atoms with Crippen LogP contribution in [0.4, 0.5) is 10.2 Å². The van der Waals surface area contributed by atoms with Gasteiger partial charge in [0.1, 0.15) is 22.9 Å². The molecule has 0 aliphatic rings. The molecule has 2 aromatic heterocycles. The van der Waals surface area contributed by atoms with Gasteiger partial charge in [0.15, 0.2) is 11.4 Å². The van der Waals surface area contributed by atoms with Crippen LogP contribution in [0.3, 0.4) is 0 Å². The highest BCUT2D eigenvalue weighted by molar-refractivity contribution is 6.03. The number of carbonyl (C=O) groups is 2. The van der Waals surface area contributed by atoms with Crippen LogP contribution in [0.5, 0.6) is 5.75 Å². The Balaban J connectivity index is 1.83. The topological polar surface area (TPSA) is 107 Å². The molecule has 2 heterocycles. The maximum absolute atomic E-state index is 13.1. The minimum absolute atomic E-state index is 0.0418. The molecule has 0 radical (unpaired) electrons. The van der Waals surface area contributed by atoms with Crippen molar-refractivity contribution in [1.29, 1.82) is 0 Å². The fraction of sp³-hybridized carbons (Fsp3) is 0.273. The molecule has 31 heavy (non-hydrogen) atoms. The van der Waals surface area contributed by atoms with Crippen molar-refractivity contribution in [1.82, 2.24) is 20.6 Å². The number of ketones is 1. The monoisotopic (exact) mass is 425 g/mol. The maximum atomic E-state index is 13.1. The van der Waals surface area contributed by atoms with E-state index in [0.717, 1.165) is 0 Å². The average Bonchev–Trinajstić information content (AvgIpc) is 2.76. The van der Waals surface area contributed by atoms with Crippen LogP contribution in [0.2, 0.25) is 0 Å². The third-order valence-corrected chi connectivity index (χ3v) is 4.66. The van der Waals surface area contributed by atoms with Gasteiger partial charge in [0.05, 0.1) is 6.54 Å². The number of benzene rings is 1. The molecule has 0 atom stereocenters. The van der Waals surface area contributed by atoms with E-state index in [1.165, 1.54) is 25.3 Å². The molecular formula is C22H24FN5O3. The van der Waals surface area contributed by atoms with Crippen molar-refractivity contribution < 1.29 is 19.1 Å². The second-order valence-corrected chi connectivity index (χ2v) is 7.14. The van der Waals surface area contributed by atoms with Crippen molar-refractivity contribution in [3.63, 3.8) is 0 Å². The molecule has 1 aromatic carbocycles. The highest BCUT2D eigenvalue weighted by atomic mass is 19.1. The third-order valence-electron chi connectivity index (χ3n) is 4.66. The number of nitrogens with one attached hydrogen (secondary N) is 2. The number of rotatable bonds is 9. The van der Waals surface area contributed by atoms with Gasteiger partial charge in [-0.15, -0.1) is 0 Å². The van der Waals surface area contributed by atoms with Crippen LogP contribution in [0.25, 0.3) is 10.9 Å². The fourth-order valence-electron chi connectivity index (χ4n) is 3.04. The van der Waals surface area contributed by atoms with Crippen molar-refractivity contribution in [2.45, 2.75) is 13.5 Å². The van der Waals surface area contributed by atoms with E-state index in [2.05, 4.69) is 20.6 Å². The summed E-state index contributed by atoms with van der Waals surface area (Å²) >= 11 is 0. The Morgan fingerprint density at radius 3 is 2.65 bits per heavy atom. The van der Waals surface area contributed by atoms with Crippen molar-refractivity contribution in [3.05, 3.63) is 59.7 Å². The number of aromatic nitrogens is 2. The summed E-state index contributed by atoms with van der Waals surface area (Å²) in [5.41, 5.74) is 0.830.